The summed E-state index contributed by atoms with van der Waals surface area (Å²) in [6.45, 7) is 1.61. The Morgan fingerprint density at radius 3 is 2.37 bits per heavy atom. The Hall–Kier alpha value is -2.95. The number of benzene rings is 3. The molecule has 4 rings (SSSR count). The van der Waals surface area contributed by atoms with E-state index in [1.807, 2.05) is 6.07 Å². The number of hydrogen-bond acceptors (Lipinski definition) is 3. The van der Waals surface area contributed by atoms with Gasteiger partial charge in [-0.1, -0.05) is 72.8 Å². The summed E-state index contributed by atoms with van der Waals surface area (Å²) in [7, 11) is 4.19. The summed E-state index contributed by atoms with van der Waals surface area (Å²) < 4.78 is 0. The summed E-state index contributed by atoms with van der Waals surface area (Å²) in [4.78, 5) is 15.5. The third kappa shape index (κ3) is 6.81. The van der Waals surface area contributed by atoms with Crippen LogP contribution < -0.4 is 11.1 Å². The van der Waals surface area contributed by atoms with Gasteiger partial charge in [0.15, 0.2) is 0 Å². The normalized spacial score (nSPS) is 18.9. The summed E-state index contributed by atoms with van der Waals surface area (Å²) in [6, 6.07) is 27.7. The largest absolute Gasteiger partial charge is 0.349 e. The van der Waals surface area contributed by atoms with Gasteiger partial charge in [-0.2, -0.15) is 0 Å². The van der Waals surface area contributed by atoms with Crippen molar-refractivity contribution in [1.82, 2.24) is 10.2 Å². The molecule has 0 bridgehead atoms. The second-order valence-corrected chi connectivity index (χ2v) is 10.2. The van der Waals surface area contributed by atoms with Gasteiger partial charge in [-0.15, -0.1) is 0 Å². The molecule has 1 fully saturated rings. The van der Waals surface area contributed by atoms with Crippen molar-refractivity contribution in [2.75, 3.05) is 20.6 Å². The van der Waals surface area contributed by atoms with Crippen LogP contribution in [-0.2, 0) is 17.8 Å². The van der Waals surface area contributed by atoms with Crippen molar-refractivity contribution in [3.63, 3.8) is 0 Å². The second kappa shape index (κ2) is 12.1. The average Bonchev–Trinajstić information content (AvgIpc) is 2.89. The molecule has 1 aliphatic carbocycles. The van der Waals surface area contributed by atoms with E-state index in [-0.39, 0.29) is 17.9 Å². The molecule has 0 radical (unpaired) electrons. The lowest BCUT2D eigenvalue weighted by Crippen LogP contribution is -2.37. The number of rotatable bonds is 9. The number of nitrogens with two attached hydrogens (primary N) is 1. The molecule has 1 amide bonds. The highest BCUT2D eigenvalue weighted by molar-refractivity contribution is 5.79. The Labute approximate surface area is 210 Å². The van der Waals surface area contributed by atoms with Crippen LogP contribution in [0, 0.1) is 11.8 Å². The van der Waals surface area contributed by atoms with Gasteiger partial charge >= 0.3 is 0 Å². The van der Waals surface area contributed by atoms with Crippen LogP contribution in [-0.4, -0.2) is 31.4 Å². The third-order valence-electron chi connectivity index (χ3n) is 7.25. The highest BCUT2D eigenvalue weighted by Gasteiger charge is 2.27. The molecule has 0 saturated heterocycles. The quantitative estimate of drug-likeness (QED) is 0.430. The van der Waals surface area contributed by atoms with Crippen molar-refractivity contribution < 1.29 is 4.79 Å². The van der Waals surface area contributed by atoms with Crippen LogP contribution in [0.1, 0.15) is 48.4 Å². The standard InChI is InChI=1S/C31H39N3O/c1-34(2)22-28-11-6-7-14-29(28)26-12-8-13-27(20-26)30(19-23-9-4-3-5-10-23)33-31(35)25-17-15-24(21-32)16-18-25/h3-14,20,24-25,30H,15-19,21-22,32H2,1-2H3,(H,33,35). The fourth-order valence-corrected chi connectivity index (χ4v) is 5.26. The zero-order chi connectivity index (χ0) is 24.6. The summed E-state index contributed by atoms with van der Waals surface area (Å²) in [5.41, 5.74) is 12.0. The second-order valence-electron chi connectivity index (χ2n) is 10.2. The third-order valence-corrected chi connectivity index (χ3v) is 7.25. The van der Waals surface area contributed by atoms with E-state index in [9.17, 15) is 4.79 Å². The Morgan fingerprint density at radius 1 is 0.943 bits per heavy atom. The van der Waals surface area contributed by atoms with Crippen molar-refractivity contribution in [3.05, 3.63) is 95.6 Å². The van der Waals surface area contributed by atoms with Crippen LogP contribution in [0.3, 0.4) is 0 Å². The molecule has 1 atom stereocenters. The first-order chi connectivity index (χ1) is 17.0. The number of carbonyl (C=O) groups is 1. The van der Waals surface area contributed by atoms with Gasteiger partial charge in [0.2, 0.25) is 5.91 Å². The molecule has 1 aliphatic rings. The number of hydrogen-bond donors (Lipinski definition) is 2. The van der Waals surface area contributed by atoms with Crippen LogP contribution in [0.2, 0.25) is 0 Å². The Balaban J connectivity index is 1.60. The fraction of sp³-hybridized carbons (Fsp3) is 0.387. The van der Waals surface area contributed by atoms with Gasteiger partial charge in [0, 0.05) is 12.5 Å². The molecule has 3 aromatic rings. The molecule has 1 saturated carbocycles. The lowest BCUT2D eigenvalue weighted by atomic mass is 9.81. The maximum Gasteiger partial charge on any atom is 0.223 e. The summed E-state index contributed by atoms with van der Waals surface area (Å²) in [5, 5.41) is 3.43. The van der Waals surface area contributed by atoms with Gasteiger partial charge in [-0.3, -0.25) is 4.79 Å². The van der Waals surface area contributed by atoms with Crippen molar-refractivity contribution >= 4 is 5.91 Å². The Morgan fingerprint density at radius 2 is 1.66 bits per heavy atom. The minimum absolute atomic E-state index is 0.0712. The zero-order valence-electron chi connectivity index (χ0n) is 21.1. The molecule has 4 heteroatoms. The van der Waals surface area contributed by atoms with Crippen molar-refractivity contribution in [2.24, 2.45) is 17.6 Å². The average molecular weight is 470 g/mol. The first kappa shape index (κ1) is 25.2. The molecule has 0 aromatic heterocycles. The number of carbonyl (C=O) groups excluding carboxylic acids is 1. The van der Waals surface area contributed by atoms with E-state index in [0.717, 1.165) is 50.8 Å². The molecule has 0 aliphatic heterocycles. The molecule has 4 nitrogen and oxygen atoms in total. The lowest BCUT2D eigenvalue weighted by Gasteiger charge is -2.29. The first-order valence-electron chi connectivity index (χ1n) is 12.9. The van der Waals surface area contributed by atoms with E-state index in [1.165, 1.54) is 22.3 Å². The van der Waals surface area contributed by atoms with Crippen molar-refractivity contribution in [1.29, 1.82) is 0 Å². The fourth-order valence-electron chi connectivity index (χ4n) is 5.26. The number of nitrogens with zero attached hydrogens (tertiary/aromatic N) is 1. The zero-order valence-corrected chi connectivity index (χ0v) is 21.1. The van der Waals surface area contributed by atoms with Gasteiger partial charge in [0.25, 0.3) is 0 Å². The number of nitrogens with one attached hydrogen (secondary N) is 1. The highest BCUT2D eigenvalue weighted by atomic mass is 16.1. The minimum atomic E-state index is -0.0712. The van der Waals surface area contributed by atoms with Gasteiger partial charge in [-0.25, -0.2) is 0 Å². The van der Waals surface area contributed by atoms with E-state index in [4.69, 9.17) is 5.73 Å². The predicted octanol–water partition coefficient (Wildman–Crippen LogP) is 5.58. The van der Waals surface area contributed by atoms with Crippen LogP contribution in [0.5, 0.6) is 0 Å². The first-order valence-corrected chi connectivity index (χ1v) is 12.9. The van der Waals surface area contributed by atoms with Crippen LogP contribution in [0.4, 0.5) is 0 Å². The van der Waals surface area contributed by atoms with Gasteiger partial charge < -0.3 is 16.0 Å². The SMILES string of the molecule is CN(C)Cc1ccccc1-c1cccc(C(Cc2ccccc2)NC(=O)C2CCC(CN)CC2)c1. The minimum Gasteiger partial charge on any atom is -0.349 e. The Bertz CT molecular complexity index is 1090. The molecule has 1 unspecified atom stereocenters. The maximum absolute atomic E-state index is 13.3. The summed E-state index contributed by atoms with van der Waals surface area (Å²) >= 11 is 0. The van der Waals surface area contributed by atoms with E-state index < -0.39 is 0 Å². The molecule has 0 spiro atoms. The predicted molar refractivity (Wildman–Crippen MR) is 145 cm³/mol. The molecule has 3 N–H and O–H groups in total. The molecular weight excluding hydrogens is 430 g/mol. The maximum atomic E-state index is 13.3. The highest BCUT2D eigenvalue weighted by Crippen LogP contribution is 2.31. The van der Waals surface area contributed by atoms with Gasteiger partial charge in [0.05, 0.1) is 6.04 Å². The molecular formula is C31H39N3O. The van der Waals surface area contributed by atoms with Crippen LogP contribution in [0.15, 0.2) is 78.9 Å². The lowest BCUT2D eigenvalue weighted by molar-refractivity contribution is -0.127. The van der Waals surface area contributed by atoms with Crippen LogP contribution in [0.25, 0.3) is 11.1 Å². The topological polar surface area (TPSA) is 58.4 Å². The van der Waals surface area contributed by atoms with E-state index in [1.54, 1.807) is 0 Å². The summed E-state index contributed by atoms with van der Waals surface area (Å²) in [6.07, 6.45) is 4.74. The Kier molecular flexibility index (Phi) is 8.73. The summed E-state index contributed by atoms with van der Waals surface area (Å²) in [5.74, 6) is 0.831. The van der Waals surface area contributed by atoms with Crippen LogP contribution >= 0.6 is 0 Å². The smallest absolute Gasteiger partial charge is 0.223 e. The van der Waals surface area contributed by atoms with Gasteiger partial charge in [0.1, 0.15) is 0 Å². The van der Waals surface area contributed by atoms with E-state index in [2.05, 4.69) is 97.1 Å². The van der Waals surface area contributed by atoms with Crippen molar-refractivity contribution in [3.8, 4) is 11.1 Å². The molecule has 3 aromatic carbocycles. The monoisotopic (exact) mass is 469 g/mol. The molecule has 35 heavy (non-hydrogen) atoms. The molecule has 0 heterocycles. The molecule has 184 valence electrons. The van der Waals surface area contributed by atoms with E-state index in [0.29, 0.717) is 5.92 Å². The van der Waals surface area contributed by atoms with Crippen molar-refractivity contribution in [2.45, 2.75) is 44.7 Å². The number of amides is 1. The van der Waals surface area contributed by atoms with E-state index >= 15 is 0 Å². The van der Waals surface area contributed by atoms with Gasteiger partial charge in [-0.05, 0) is 92.5 Å².